The van der Waals surface area contributed by atoms with Gasteiger partial charge in [-0.15, -0.1) is 0 Å². The highest BCUT2D eigenvalue weighted by Gasteiger charge is 2.25. The number of aliphatic hydroxyl groups is 2. The molecule has 2 atom stereocenters. The number of carbonyl (C=O) groups is 1. The first-order chi connectivity index (χ1) is 25.2. The number of hydrogen-bond acceptors (Lipinski definition) is 10. The van der Waals surface area contributed by atoms with E-state index in [4.69, 9.17) is 21.1 Å². The fourth-order valence-electron chi connectivity index (χ4n) is 6.75. The molecule has 0 spiro atoms. The van der Waals surface area contributed by atoms with E-state index in [0.29, 0.717) is 33.2 Å². The molecule has 0 aliphatic carbocycles. The fourth-order valence-corrected chi connectivity index (χ4v) is 7.58. The number of β-amino-alcohol motifs (C(OH)–C–C–N with tert-alkyl or cyclic N) is 1. The molecular weight excluding hydrogens is 750 g/mol. The number of aromatic nitrogens is 1. The van der Waals surface area contributed by atoms with E-state index in [0.717, 1.165) is 67.6 Å². The van der Waals surface area contributed by atoms with Crippen LogP contribution >= 0.6 is 27.5 Å². The average Bonchev–Trinajstić information content (AvgIpc) is 3.77. The summed E-state index contributed by atoms with van der Waals surface area (Å²) in [7, 11) is 0. The zero-order chi connectivity index (χ0) is 36.6. The van der Waals surface area contributed by atoms with Gasteiger partial charge in [0.25, 0.3) is 0 Å². The van der Waals surface area contributed by atoms with E-state index >= 15 is 0 Å². The maximum absolute atomic E-state index is 11.5. The van der Waals surface area contributed by atoms with Crippen LogP contribution in [0.25, 0.3) is 11.1 Å². The van der Waals surface area contributed by atoms with Gasteiger partial charge >= 0.3 is 5.97 Å². The van der Waals surface area contributed by atoms with E-state index in [1.54, 1.807) is 24.4 Å². The second-order valence-corrected chi connectivity index (χ2v) is 14.2. The Morgan fingerprint density at radius 2 is 1.87 bits per heavy atom. The van der Waals surface area contributed by atoms with Gasteiger partial charge in [0.1, 0.15) is 36.8 Å². The molecule has 2 aliphatic heterocycles. The predicted octanol–water partition coefficient (Wildman–Crippen LogP) is 5.55. The minimum atomic E-state index is -1.18. The molecule has 6 rings (SSSR count). The minimum absolute atomic E-state index is 0.0539. The number of halogens is 2. The standard InChI is InChI=1S/C39H41BrClN5O6/c40-38-27(4-1-6-32(38)30-5-2-7-35-31(30)9-13-46(35)11-3-10-45-12-8-29(48)21-45)24-52-37-16-36(51-23-26-14-25(17-42)18-43-19-26)28(15-33(37)41)20-44-34(22-47)39(49)50/h1-2,4-7,14-16,18-19,29,34,44,47-48H,3,8-13,20-24H2,(H,49,50)/t29?,34-/m0/s1. The Morgan fingerprint density at radius 1 is 1.06 bits per heavy atom. The molecule has 272 valence electrons. The molecule has 3 aromatic carbocycles. The Labute approximate surface area is 316 Å². The monoisotopic (exact) mass is 789 g/mol. The molecule has 11 nitrogen and oxygen atoms in total. The largest absolute Gasteiger partial charge is 0.488 e. The van der Waals surface area contributed by atoms with Gasteiger partial charge in [0, 0.05) is 78.0 Å². The first-order valence-corrected chi connectivity index (χ1v) is 18.4. The molecule has 13 heteroatoms. The summed E-state index contributed by atoms with van der Waals surface area (Å²) >= 11 is 10.6. The SMILES string of the molecule is N#Cc1cncc(COc2cc(OCc3cccc(-c4cccc5c4CCN5CCCN4CCC(O)C4)c3Br)c(Cl)cc2CN[C@@H](CO)C(=O)O)c1. The van der Waals surface area contributed by atoms with E-state index < -0.39 is 18.6 Å². The Hall–Kier alpha value is -4.22. The van der Waals surface area contributed by atoms with Crippen LogP contribution in [0.3, 0.4) is 0 Å². The molecular formula is C39H41BrClN5O6. The Bertz CT molecular complexity index is 1940. The lowest BCUT2D eigenvalue weighted by Gasteiger charge is -2.22. The molecule has 0 saturated carbocycles. The maximum atomic E-state index is 11.5. The number of aliphatic hydroxyl groups excluding tert-OH is 2. The number of anilines is 1. The van der Waals surface area contributed by atoms with Gasteiger partial charge in [-0.2, -0.15) is 5.26 Å². The van der Waals surface area contributed by atoms with Crippen LogP contribution in [0.5, 0.6) is 11.5 Å². The number of pyridine rings is 1. The zero-order valence-electron chi connectivity index (χ0n) is 28.6. The number of likely N-dealkylation sites (tertiary alicyclic amines) is 1. The maximum Gasteiger partial charge on any atom is 0.323 e. The van der Waals surface area contributed by atoms with Crippen molar-refractivity contribution in [3.8, 4) is 28.7 Å². The number of hydrogen-bond donors (Lipinski definition) is 4. The molecule has 2 aliphatic rings. The summed E-state index contributed by atoms with van der Waals surface area (Å²) in [5.41, 5.74) is 7.41. The van der Waals surface area contributed by atoms with Gasteiger partial charge in [0.05, 0.1) is 23.3 Å². The highest BCUT2D eigenvalue weighted by Crippen LogP contribution is 2.41. The molecule has 4 aromatic rings. The topological polar surface area (TPSA) is 151 Å². The van der Waals surface area contributed by atoms with Crippen LogP contribution < -0.4 is 19.7 Å². The summed E-state index contributed by atoms with van der Waals surface area (Å²) in [5, 5.41) is 41.1. The number of nitrogens with zero attached hydrogens (tertiary/aromatic N) is 4. The number of nitriles is 1. The lowest BCUT2D eigenvalue weighted by molar-refractivity contribution is -0.140. The molecule has 1 unspecified atom stereocenters. The first-order valence-electron chi connectivity index (χ1n) is 17.3. The molecule has 3 heterocycles. The molecule has 1 saturated heterocycles. The molecule has 1 fully saturated rings. The number of carboxylic acid groups (broad SMARTS) is 1. The van der Waals surface area contributed by atoms with Crippen LogP contribution in [0.4, 0.5) is 5.69 Å². The fraction of sp³-hybridized carbons (Fsp3) is 0.359. The molecule has 0 bridgehead atoms. The van der Waals surface area contributed by atoms with Crippen LogP contribution in [0.1, 0.15) is 40.7 Å². The molecule has 4 N–H and O–H groups in total. The first kappa shape index (κ1) is 37.5. The number of ether oxygens (including phenoxy) is 2. The predicted molar refractivity (Wildman–Crippen MR) is 202 cm³/mol. The molecule has 0 amide bonds. The van der Waals surface area contributed by atoms with Gasteiger partial charge in [0.15, 0.2) is 0 Å². The third kappa shape index (κ3) is 9.04. The van der Waals surface area contributed by atoms with Crippen molar-refractivity contribution in [3.63, 3.8) is 0 Å². The van der Waals surface area contributed by atoms with Crippen LogP contribution in [-0.2, 0) is 31.0 Å². The van der Waals surface area contributed by atoms with Crippen molar-refractivity contribution >= 4 is 39.2 Å². The Morgan fingerprint density at radius 3 is 2.63 bits per heavy atom. The molecule has 52 heavy (non-hydrogen) atoms. The number of carboxylic acids is 1. The van der Waals surface area contributed by atoms with Crippen LogP contribution in [0.15, 0.2) is 71.5 Å². The van der Waals surface area contributed by atoms with Gasteiger partial charge in [-0.05, 0) is 76.6 Å². The third-order valence-corrected chi connectivity index (χ3v) is 10.7. The zero-order valence-corrected chi connectivity index (χ0v) is 30.9. The molecule has 1 aromatic heterocycles. The smallest absolute Gasteiger partial charge is 0.323 e. The van der Waals surface area contributed by atoms with Gasteiger partial charge in [0.2, 0.25) is 0 Å². The summed E-state index contributed by atoms with van der Waals surface area (Å²) in [6.45, 7) is 4.45. The number of aliphatic carboxylic acids is 1. The van der Waals surface area contributed by atoms with Crippen molar-refractivity contribution in [2.75, 3.05) is 44.2 Å². The summed E-state index contributed by atoms with van der Waals surface area (Å²) in [4.78, 5) is 20.4. The summed E-state index contributed by atoms with van der Waals surface area (Å²) in [5.74, 6) is -0.416. The average molecular weight is 791 g/mol. The molecule has 0 radical (unpaired) electrons. The van der Waals surface area contributed by atoms with Crippen molar-refractivity contribution in [1.29, 1.82) is 5.26 Å². The lowest BCUT2D eigenvalue weighted by atomic mass is 9.96. The van der Waals surface area contributed by atoms with E-state index in [9.17, 15) is 25.4 Å². The van der Waals surface area contributed by atoms with E-state index in [1.807, 2.05) is 12.1 Å². The number of nitrogens with one attached hydrogen (secondary N) is 1. The van der Waals surface area contributed by atoms with Crippen molar-refractivity contribution in [3.05, 3.63) is 104 Å². The van der Waals surface area contributed by atoms with Crippen LogP contribution in [-0.4, -0.2) is 82.6 Å². The second-order valence-electron chi connectivity index (χ2n) is 13.0. The number of rotatable bonds is 16. The van der Waals surface area contributed by atoms with Crippen molar-refractivity contribution in [2.24, 2.45) is 0 Å². The highest BCUT2D eigenvalue weighted by atomic mass is 79.9. The number of fused-ring (bicyclic) bond motifs is 1. The quantitative estimate of drug-likeness (QED) is 0.113. The van der Waals surface area contributed by atoms with Crippen molar-refractivity contribution in [1.82, 2.24) is 15.2 Å². The van der Waals surface area contributed by atoms with Gasteiger partial charge in [-0.25, -0.2) is 0 Å². The van der Waals surface area contributed by atoms with E-state index in [1.165, 1.54) is 23.0 Å². The van der Waals surface area contributed by atoms with Crippen molar-refractivity contribution < 1.29 is 29.6 Å². The highest BCUT2D eigenvalue weighted by molar-refractivity contribution is 9.10. The van der Waals surface area contributed by atoms with Crippen molar-refractivity contribution in [2.45, 2.75) is 51.2 Å². The lowest BCUT2D eigenvalue weighted by Crippen LogP contribution is -2.39. The Balaban J connectivity index is 1.18. The Kier molecular flexibility index (Phi) is 12.7. The van der Waals surface area contributed by atoms with Crippen LogP contribution in [0.2, 0.25) is 5.02 Å². The van der Waals surface area contributed by atoms with Gasteiger partial charge < -0.3 is 34.6 Å². The summed E-state index contributed by atoms with van der Waals surface area (Å²) in [6.07, 6.45) is 5.75. The van der Waals surface area contributed by atoms with Gasteiger partial charge in [-0.1, -0.05) is 41.9 Å². The van der Waals surface area contributed by atoms with Gasteiger partial charge in [-0.3, -0.25) is 15.1 Å². The van der Waals surface area contributed by atoms with E-state index in [2.05, 4.69) is 66.4 Å². The third-order valence-electron chi connectivity index (χ3n) is 9.48. The summed E-state index contributed by atoms with van der Waals surface area (Å²) in [6, 6.07) is 18.5. The summed E-state index contributed by atoms with van der Waals surface area (Å²) < 4.78 is 13.4. The minimum Gasteiger partial charge on any atom is -0.488 e. The van der Waals surface area contributed by atoms with Crippen LogP contribution in [0, 0.1) is 11.3 Å². The normalized spacial score (nSPS) is 16.1. The van der Waals surface area contributed by atoms with E-state index in [-0.39, 0.29) is 25.9 Å². The second kappa shape index (κ2) is 17.5. The number of benzene rings is 3.